The van der Waals surface area contributed by atoms with E-state index in [4.69, 9.17) is 14.2 Å². The van der Waals surface area contributed by atoms with Crippen molar-refractivity contribution in [2.75, 3.05) is 13.2 Å². The maximum Gasteiger partial charge on any atom is 0.306 e. The monoisotopic (exact) mass is 1170 g/mol. The molecule has 0 saturated carbocycles. The van der Waals surface area contributed by atoms with Crippen LogP contribution < -0.4 is 0 Å². The maximum atomic E-state index is 12.9. The molecule has 83 heavy (non-hydrogen) atoms. The summed E-state index contributed by atoms with van der Waals surface area (Å²) in [5.41, 5.74) is 0. The second kappa shape index (κ2) is 72.1. The Morgan fingerprint density at radius 2 is 0.434 bits per heavy atom. The summed E-state index contributed by atoms with van der Waals surface area (Å²) in [5.74, 6) is -0.844. The number of hydrogen-bond acceptors (Lipinski definition) is 6. The molecular weight excluding hydrogens is 1020 g/mol. The third-order valence-corrected chi connectivity index (χ3v) is 17.1. The van der Waals surface area contributed by atoms with Crippen LogP contribution in [-0.2, 0) is 28.6 Å². The lowest BCUT2D eigenvalue weighted by Crippen LogP contribution is -2.30. The zero-order valence-electron chi connectivity index (χ0n) is 56.2. The fourth-order valence-corrected chi connectivity index (χ4v) is 11.5. The molecule has 0 aromatic heterocycles. The first-order valence-electron chi connectivity index (χ1n) is 37.5. The van der Waals surface area contributed by atoms with Crippen molar-refractivity contribution >= 4 is 17.9 Å². The van der Waals surface area contributed by atoms with E-state index < -0.39 is 6.10 Å². The Balaban J connectivity index is 3.97. The molecule has 0 spiro atoms. The van der Waals surface area contributed by atoms with Gasteiger partial charge in [-0.25, -0.2) is 0 Å². The third-order valence-electron chi connectivity index (χ3n) is 17.1. The van der Waals surface area contributed by atoms with Crippen LogP contribution in [0.1, 0.15) is 419 Å². The van der Waals surface area contributed by atoms with Gasteiger partial charge in [0.15, 0.2) is 6.10 Å². The number of carbonyl (C=O) groups is 3. The summed E-state index contributed by atoms with van der Waals surface area (Å²) >= 11 is 0. The summed E-state index contributed by atoms with van der Waals surface area (Å²) in [7, 11) is 0. The summed E-state index contributed by atoms with van der Waals surface area (Å²) in [5, 5.41) is 0. The quantitative estimate of drug-likeness (QED) is 0.0261. The molecule has 0 aliphatic rings. The van der Waals surface area contributed by atoms with E-state index in [1.165, 1.54) is 315 Å². The zero-order valence-corrected chi connectivity index (χ0v) is 56.2. The average Bonchev–Trinajstić information content (AvgIpc) is 3.50. The minimum atomic E-state index is -0.767. The molecule has 0 radical (unpaired) electrons. The van der Waals surface area contributed by atoms with E-state index >= 15 is 0 Å². The summed E-state index contributed by atoms with van der Waals surface area (Å²) in [6.45, 7) is 6.66. The van der Waals surface area contributed by atoms with E-state index in [9.17, 15) is 14.4 Å². The molecule has 1 unspecified atom stereocenters. The van der Waals surface area contributed by atoms with Crippen molar-refractivity contribution in [1.82, 2.24) is 0 Å². The van der Waals surface area contributed by atoms with Crippen molar-refractivity contribution in [2.24, 2.45) is 0 Å². The van der Waals surface area contributed by atoms with Gasteiger partial charge in [0.05, 0.1) is 0 Å². The van der Waals surface area contributed by atoms with Crippen molar-refractivity contribution in [3.8, 4) is 0 Å². The lowest BCUT2D eigenvalue weighted by Gasteiger charge is -2.18. The van der Waals surface area contributed by atoms with Gasteiger partial charge in [0.2, 0.25) is 0 Å². The first-order valence-corrected chi connectivity index (χ1v) is 37.5. The molecule has 0 bridgehead atoms. The van der Waals surface area contributed by atoms with Gasteiger partial charge in [-0.15, -0.1) is 0 Å². The highest BCUT2D eigenvalue weighted by Gasteiger charge is 2.20. The number of unbranched alkanes of at least 4 members (excludes halogenated alkanes) is 53. The van der Waals surface area contributed by atoms with E-state index in [1.807, 2.05) is 0 Å². The summed E-state index contributed by atoms with van der Waals surface area (Å²) < 4.78 is 16.9. The Morgan fingerprint density at radius 3 is 0.675 bits per heavy atom. The molecule has 0 fully saturated rings. The second-order valence-corrected chi connectivity index (χ2v) is 25.6. The lowest BCUT2D eigenvalue weighted by molar-refractivity contribution is -0.167. The van der Waals surface area contributed by atoms with Gasteiger partial charge in [-0.2, -0.15) is 0 Å². The van der Waals surface area contributed by atoms with Crippen molar-refractivity contribution in [1.29, 1.82) is 0 Å². The third kappa shape index (κ3) is 70.3. The van der Waals surface area contributed by atoms with Crippen molar-refractivity contribution < 1.29 is 28.6 Å². The molecule has 488 valence electrons. The maximum absolute atomic E-state index is 12.9. The molecular formula is C77H144O6. The largest absolute Gasteiger partial charge is 0.462 e. The van der Waals surface area contributed by atoms with Crippen LogP contribution in [0.3, 0.4) is 0 Å². The fraction of sp³-hybridized carbons (Fsp3) is 0.883. The number of rotatable bonds is 70. The molecule has 0 N–H and O–H groups in total. The van der Waals surface area contributed by atoms with Crippen LogP contribution in [0.2, 0.25) is 0 Å². The zero-order chi connectivity index (χ0) is 59.9. The highest BCUT2D eigenvalue weighted by Crippen LogP contribution is 2.19. The van der Waals surface area contributed by atoms with E-state index in [0.717, 1.165) is 64.2 Å². The van der Waals surface area contributed by atoms with Crippen LogP contribution in [0.15, 0.2) is 36.5 Å². The minimum Gasteiger partial charge on any atom is -0.462 e. The molecule has 0 amide bonds. The normalized spacial score (nSPS) is 12.2. The molecule has 0 aliphatic carbocycles. The van der Waals surface area contributed by atoms with Gasteiger partial charge in [0.25, 0.3) is 0 Å². The first kappa shape index (κ1) is 80.6. The molecule has 1 atom stereocenters. The topological polar surface area (TPSA) is 78.9 Å². The molecule has 6 nitrogen and oxygen atoms in total. The Bertz CT molecular complexity index is 1380. The van der Waals surface area contributed by atoms with Crippen molar-refractivity contribution in [3.05, 3.63) is 36.5 Å². The standard InChI is InChI=1S/C77H144O6/c1-4-7-10-13-16-18-20-22-24-26-28-30-32-34-35-36-37-38-39-40-41-43-44-46-48-50-52-54-56-58-61-64-67-70-76(79)82-73-74(72-81-75(78)69-66-63-60-15-12-9-6-3)83-77(80)71-68-65-62-59-57-55-53-51-49-47-45-42-33-31-29-27-25-23-21-19-17-14-11-8-5-2/h20,22,26-29,74H,4-19,21,23-25,30-73H2,1-3H3/b22-20-,28-26-,29-27-. The average molecular weight is 1170 g/mol. The van der Waals surface area contributed by atoms with Crippen LogP contribution >= 0.6 is 0 Å². The highest BCUT2D eigenvalue weighted by atomic mass is 16.6. The van der Waals surface area contributed by atoms with E-state index in [0.29, 0.717) is 19.3 Å². The molecule has 0 saturated heterocycles. The summed E-state index contributed by atoms with van der Waals surface area (Å²) in [4.78, 5) is 38.2. The Labute approximate surface area is 518 Å². The number of ether oxygens (including phenoxy) is 3. The van der Waals surface area contributed by atoms with Crippen molar-refractivity contribution in [3.63, 3.8) is 0 Å². The number of esters is 3. The Morgan fingerprint density at radius 1 is 0.241 bits per heavy atom. The minimum absolute atomic E-state index is 0.0659. The summed E-state index contributed by atoms with van der Waals surface area (Å²) in [6, 6.07) is 0. The first-order chi connectivity index (χ1) is 41.0. The van der Waals surface area contributed by atoms with Gasteiger partial charge >= 0.3 is 17.9 Å². The van der Waals surface area contributed by atoms with Crippen LogP contribution in [0.25, 0.3) is 0 Å². The van der Waals surface area contributed by atoms with Crippen LogP contribution in [0, 0.1) is 0 Å². The smallest absolute Gasteiger partial charge is 0.306 e. The number of carbonyl (C=O) groups excluding carboxylic acids is 3. The predicted octanol–water partition coefficient (Wildman–Crippen LogP) is 25.9. The van der Waals surface area contributed by atoms with Gasteiger partial charge in [0, 0.05) is 19.3 Å². The SMILES string of the molecule is CCCCCCC/C=C\C/C=C\CCCCCCCCCCCCCCCCCCCCCCCC(=O)OCC(COC(=O)CCCCCCCCC)OC(=O)CCCCCCCCCCCCCCC/C=C\CCCCCCCCCC. The van der Waals surface area contributed by atoms with Gasteiger partial charge in [-0.05, 0) is 77.0 Å². The molecule has 0 aromatic rings. The van der Waals surface area contributed by atoms with E-state index in [1.54, 1.807) is 0 Å². The van der Waals surface area contributed by atoms with Crippen molar-refractivity contribution in [2.45, 2.75) is 425 Å². The van der Waals surface area contributed by atoms with E-state index in [2.05, 4.69) is 57.2 Å². The Hall–Kier alpha value is -2.37. The molecule has 0 heterocycles. The second-order valence-electron chi connectivity index (χ2n) is 25.6. The predicted molar refractivity (Wildman–Crippen MR) is 362 cm³/mol. The number of hydrogen-bond donors (Lipinski definition) is 0. The van der Waals surface area contributed by atoms with Crippen LogP contribution in [-0.4, -0.2) is 37.2 Å². The fourth-order valence-electron chi connectivity index (χ4n) is 11.5. The Kier molecular flexibility index (Phi) is 70.0. The van der Waals surface area contributed by atoms with Gasteiger partial charge in [0.1, 0.15) is 13.2 Å². The van der Waals surface area contributed by atoms with Crippen LogP contribution in [0.5, 0.6) is 0 Å². The van der Waals surface area contributed by atoms with Gasteiger partial charge in [-0.1, -0.05) is 359 Å². The summed E-state index contributed by atoms with van der Waals surface area (Å²) in [6.07, 6.45) is 90.9. The molecule has 6 heteroatoms. The molecule has 0 rings (SSSR count). The molecule has 0 aliphatic heterocycles. The number of allylic oxidation sites excluding steroid dienone is 6. The molecule has 0 aromatic carbocycles. The highest BCUT2D eigenvalue weighted by molar-refractivity contribution is 5.71. The van der Waals surface area contributed by atoms with Gasteiger partial charge in [-0.3, -0.25) is 14.4 Å². The van der Waals surface area contributed by atoms with Crippen LogP contribution in [0.4, 0.5) is 0 Å². The van der Waals surface area contributed by atoms with E-state index in [-0.39, 0.29) is 31.1 Å². The van der Waals surface area contributed by atoms with Gasteiger partial charge < -0.3 is 14.2 Å². The lowest BCUT2D eigenvalue weighted by atomic mass is 10.0.